The van der Waals surface area contributed by atoms with Gasteiger partial charge in [-0.3, -0.25) is 4.79 Å². The van der Waals surface area contributed by atoms with E-state index in [1.807, 2.05) is 49.3 Å². The average Bonchev–Trinajstić information content (AvgIpc) is 2.78. The number of carboxylic acid groups (broad SMARTS) is 1. The molecule has 0 aromatic heterocycles. The number of likely N-dealkylation sites (N-methyl/N-ethyl adjacent to an activating group) is 2. The number of phenols is 1. The van der Waals surface area contributed by atoms with E-state index in [-0.39, 0.29) is 52.1 Å². The number of hydrogen-bond acceptors (Lipinski definition) is 6. The Hall–Kier alpha value is -2.84. The number of benzene rings is 3. The van der Waals surface area contributed by atoms with Crippen LogP contribution in [0.4, 0.5) is 11.4 Å². The van der Waals surface area contributed by atoms with Crippen LogP contribution >= 0.6 is 0 Å². The van der Waals surface area contributed by atoms with Gasteiger partial charge in [-0.05, 0) is 42.4 Å². The third-order valence-electron chi connectivity index (χ3n) is 4.96. The minimum Gasteiger partial charge on any atom is -0.545 e. The molecule has 3 aromatic carbocycles. The molecule has 0 unspecified atom stereocenters. The number of aromatic carboxylic acids is 1. The van der Waals surface area contributed by atoms with E-state index in [4.69, 9.17) is 0 Å². The molecule has 0 saturated carbocycles. The second-order valence-corrected chi connectivity index (χ2v) is 7.09. The number of carbonyl (C=O) groups excluding carboxylic acids is 2. The van der Waals surface area contributed by atoms with Crippen molar-refractivity contribution in [3.05, 3.63) is 77.9 Å². The van der Waals surface area contributed by atoms with E-state index in [2.05, 4.69) is 10.6 Å². The van der Waals surface area contributed by atoms with E-state index < -0.39 is 11.9 Å². The van der Waals surface area contributed by atoms with Gasteiger partial charge in [-0.25, -0.2) is 0 Å². The molecule has 0 aliphatic carbocycles. The molecular weight excluding hydrogens is 417 g/mol. The predicted octanol–water partition coefficient (Wildman–Crippen LogP) is -0.665. The number of carbonyl (C=O) groups is 2. The van der Waals surface area contributed by atoms with Gasteiger partial charge in [0, 0.05) is 31.4 Å². The van der Waals surface area contributed by atoms with Crippen molar-refractivity contribution in [2.24, 2.45) is 0 Å². The van der Waals surface area contributed by atoms with Gasteiger partial charge in [-0.1, -0.05) is 42.5 Å². The van der Waals surface area contributed by atoms with Crippen LogP contribution in [0.15, 0.2) is 66.7 Å². The molecule has 0 bridgehead atoms. The van der Waals surface area contributed by atoms with E-state index in [9.17, 15) is 19.8 Å². The van der Waals surface area contributed by atoms with Crippen molar-refractivity contribution >= 4 is 23.3 Å². The minimum absolute atomic E-state index is 0. The van der Waals surface area contributed by atoms with E-state index in [1.54, 1.807) is 24.3 Å². The summed E-state index contributed by atoms with van der Waals surface area (Å²) in [6, 6.07) is 18.8. The summed E-state index contributed by atoms with van der Waals surface area (Å²) in [5.41, 5.74) is 2.36. The van der Waals surface area contributed by atoms with Gasteiger partial charge in [0.25, 0.3) is 5.91 Å². The third kappa shape index (κ3) is 6.11. The van der Waals surface area contributed by atoms with E-state index >= 15 is 0 Å². The molecule has 160 valence electrons. The van der Waals surface area contributed by atoms with Gasteiger partial charge in [0.2, 0.25) is 0 Å². The summed E-state index contributed by atoms with van der Waals surface area (Å²) in [5.74, 6) is -2.22. The molecule has 0 aliphatic rings. The van der Waals surface area contributed by atoms with Crippen LogP contribution in [0.1, 0.15) is 20.7 Å². The predicted molar refractivity (Wildman–Crippen MR) is 119 cm³/mol. The maximum Gasteiger partial charge on any atom is 1.00 e. The van der Waals surface area contributed by atoms with Crippen molar-refractivity contribution in [1.29, 1.82) is 0 Å². The first-order valence-corrected chi connectivity index (χ1v) is 9.81. The molecule has 0 heterocycles. The molecule has 0 atom stereocenters. The van der Waals surface area contributed by atoms with Crippen molar-refractivity contribution in [3.8, 4) is 16.9 Å². The Balaban J connectivity index is 0.00000363. The van der Waals surface area contributed by atoms with Crippen molar-refractivity contribution in [2.75, 3.05) is 37.4 Å². The number of carboxylic acids is 1. The summed E-state index contributed by atoms with van der Waals surface area (Å²) < 4.78 is 0. The summed E-state index contributed by atoms with van der Waals surface area (Å²) in [5, 5.41) is 27.5. The summed E-state index contributed by atoms with van der Waals surface area (Å²) in [6.07, 6.45) is 0. The number of hydrogen-bond donors (Lipinski definition) is 3. The van der Waals surface area contributed by atoms with Crippen LogP contribution in [0.3, 0.4) is 0 Å². The first-order chi connectivity index (χ1) is 14.9. The molecule has 1 amide bonds. The van der Waals surface area contributed by atoms with Gasteiger partial charge < -0.3 is 30.5 Å². The normalized spacial score (nSPS) is 10.2. The monoisotopic (exact) mass is 441 g/mol. The number of nitrogens with one attached hydrogen (secondary N) is 2. The summed E-state index contributed by atoms with van der Waals surface area (Å²) in [7, 11) is 3.73. The van der Waals surface area contributed by atoms with Crippen molar-refractivity contribution in [2.45, 2.75) is 0 Å². The minimum atomic E-state index is -1.40. The number of aromatic hydroxyl groups is 1. The SMILES string of the molecule is CNCCN(C)c1ccc(O)c(C(=O)Nc2cc(-c3ccccc3)ccc2C(=O)[O-])c1.[Na+]. The van der Waals surface area contributed by atoms with Crippen molar-refractivity contribution in [3.63, 3.8) is 0 Å². The largest absolute Gasteiger partial charge is 1.00 e. The zero-order valence-electron chi connectivity index (χ0n) is 18.4. The molecule has 0 aliphatic heterocycles. The van der Waals surface area contributed by atoms with Crippen LogP contribution in [-0.4, -0.2) is 44.2 Å². The molecule has 0 saturated heterocycles. The van der Waals surface area contributed by atoms with Gasteiger partial charge in [-0.2, -0.15) is 0 Å². The Labute approximate surface area is 209 Å². The fourth-order valence-electron chi connectivity index (χ4n) is 3.18. The first kappa shape index (κ1) is 25.4. The zero-order valence-corrected chi connectivity index (χ0v) is 20.4. The van der Waals surface area contributed by atoms with Gasteiger partial charge in [0.05, 0.1) is 17.2 Å². The Morgan fingerprint density at radius 2 is 1.69 bits per heavy atom. The number of phenolic OH excluding ortho intramolecular Hbond substituents is 1. The standard InChI is InChI=1S/C24H25N3O4.Na/c1-25-12-13-27(2)18-9-11-22(28)20(15-18)23(29)26-21-14-17(8-10-19(21)24(30)31)16-6-4-3-5-7-16;/h3-11,14-15,25,28H,12-13H2,1-2H3,(H,26,29)(H,30,31);/q;+1/p-1. The molecule has 0 fully saturated rings. The summed E-state index contributed by atoms with van der Waals surface area (Å²) >= 11 is 0. The van der Waals surface area contributed by atoms with Crippen LogP contribution in [0, 0.1) is 0 Å². The second kappa shape index (κ2) is 11.7. The molecular formula is C24H24N3NaO4. The Kier molecular flexibility index (Phi) is 9.28. The Morgan fingerprint density at radius 3 is 2.34 bits per heavy atom. The molecule has 0 radical (unpaired) electrons. The Bertz CT molecular complexity index is 1090. The van der Waals surface area contributed by atoms with Gasteiger partial charge in [0.1, 0.15) is 5.75 Å². The van der Waals surface area contributed by atoms with Crippen LogP contribution in [0.2, 0.25) is 0 Å². The fraction of sp³-hybridized carbons (Fsp3) is 0.167. The van der Waals surface area contributed by atoms with Crippen molar-refractivity contribution < 1.29 is 49.4 Å². The van der Waals surface area contributed by atoms with Crippen LogP contribution in [0.5, 0.6) is 5.75 Å². The number of rotatable bonds is 8. The maximum atomic E-state index is 12.9. The number of anilines is 2. The summed E-state index contributed by atoms with van der Waals surface area (Å²) in [6.45, 7) is 1.45. The topological polar surface area (TPSA) is 105 Å². The quantitative estimate of drug-likeness (QED) is 0.401. The smallest absolute Gasteiger partial charge is 0.545 e. The zero-order chi connectivity index (χ0) is 22.4. The number of amides is 1. The summed E-state index contributed by atoms with van der Waals surface area (Å²) in [4.78, 5) is 26.4. The molecule has 8 heteroatoms. The van der Waals surface area contributed by atoms with Gasteiger partial charge >= 0.3 is 29.6 Å². The molecule has 7 nitrogen and oxygen atoms in total. The first-order valence-electron chi connectivity index (χ1n) is 9.81. The van der Waals surface area contributed by atoms with Crippen molar-refractivity contribution in [1.82, 2.24) is 5.32 Å². The van der Waals surface area contributed by atoms with Gasteiger partial charge in [-0.15, -0.1) is 0 Å². The molecule has 3 aromatic rings. The second-order valence-electron chi connectivity index (χ2n) is 7.09. The fourth-order valence-corrected chi connectivity index (χ4v) is 3.18. The van der Waals surface area contributed by atoms with E-state index in [0.717, 1.165) is 23.4 Å². The molecule has 3 rings (SSSR count). The molecule has 32 heavy (non-hydrogen) atoms. The third-order valence-corrected chi connectivity index (χ3v) is 4.96. The van der Waals surface area contributed by atoms with Crippen LogP contribution in [-0.2, 0) is 0 Å². The number of nitrogens with zero attached hydrogens (tertiary/aromatic N) is 1. The molecule has 0 spiro atoms. The average molecular weight is 441 g/mol. The maximum absolute atomic E-state index is 12.9. The van der Waals surface area contributed by atoms with E-state index in [1.165, 1.54) is 12.1 Å². The van der Waals surface area contributed by atoms with E-state index in [0.29, 0.717) is 6.54 Å². The van der Waals surface area contributed by atoms with Crippen LogP contribution < -0.4 is 50.2 Å². The Morgan fingerprint density at radius 1 is 0.969 bits per heavy atom. The van der Waals surface area contributed by atoms with Gasteiger partial charge in [0.15, 0.2) is 0 Å². The molecule has 3 N–H and O–H groups in total. The van der Waals surface area contributed by atoms with Crippen LogP contribution in [0.25, 0.3) is 11.1 Å².